The molecular weight excluding hydrogens is 392 g/mol. The van der Waals surface area contributed by atoms with Gasteiger partial charge in [-0.2, -0.15) is 0 Å². The second-order valence-electron chi connectivity index (χ2n) is 7.73. The van der Waals surface area contributed by atoms with Crippen LogP contribution in [0.1, 0.15) is 42.1 Å². The molecule has 0 radical (unpaired) electrons. The van der Waals surface area contributed by atoms with Crippen LogP contribution in [0.5, 0.6) is 5.75 Å². The van der Waals surface area contributed by atoms with E-state index in [0.717, 1.165) is 22.3 Å². The minimum Gasteiger partial charge on any atom is -0.487 e. The highest BCUT2D eigenvalue weighted by Gasteiger charge is 2.37. The number of ether oxygens (including phenoxy) is 2. The molecule has 2 aromatic carbocycles. The zero-order valence-corrected chi connectivity index (χ0v) is 18.8. The molecule has 6 heteroatoms. The third kappa shape index (κ3) is 5.08. The lowest BCUT2D eigenvalue weighted by atomic mass is 9.94. The average Bonchev–Trinajstić information content (AvgIpc) is 2.71. The predicted molar refractivity (Wildman–Crippen MR) is 120 cm³/mol. The van der Waals surface area contributed by atoms with E-state index in [-0.39, 0.29) is 19.2 Å². The highest BCUT2D eigenvalue weighted by molar-refractivity contribution is 5.95. The molecule has 2 aromatic rings. The zero-order valence-electron chi connectivity index (χ0n) is 18.8. The molecule has 1 aliphatic rings. The molecule has 0 aromatic heterocycles. The van der Waals surface area contributed by atoms with Gasteiger partial charge in [0.15, 0.2) is 0 Å². The third-order valence-electron chi connectivity index (χ3n) is 5.23. The predicted octanol–water partition coefficient (Wildman–Crippen LogP) is 4.59. The van der Waals surface area contributed by atoms with Crippen LogP contribution >= 0.6 is 0 Å². The number of benzene rings is 2. The Morgan fingerprint density at radius 3 is 2.23 bits per heavy atom. The number of hydrogen-bond donors (Lipinski definition) is 1. The first-order valence-corrected chi connectivity index (χ1v) is 10.6. The molecule has 6 nitrogen and oxygen atoms in total. The summed E-state index contributed by atoms with van der Waals surface area (Å²) in [6.45, 7) is 10.4. The number of carbonyl (C=O) groups excluding carboxylic acids is 2. The van der Waals surface area contributed by atoms with Crippen molar-refractivity contribution in [2.24, 2.45) is 0 Å². The lowest BCUT2D eigenvalue weighted by Gasteiger charge is -2.36. The Balaban J connectivity index is 2.06. The molecule has 0 saturated heterocycles. The number of esters is 1. The fourth-order valence-corrected chi connectivity index (χ4v) is 3.82. The van der Waals surface area contributed by atoms with Gasteiger partial charge in [0, 0.05) is 6.54 Å². The molecule has 0 spiro atoms. The largest absolute Gasteiger partial charge is 0.487 e. The minimum absolute atomic E-state index is 0.0840. The Bertz CT molecular complexity index is 975. The Hall–Kier alpha value is -3.28. The van der Waals surface area contributed by atoms with Gasteiger partial charge in [-0.15, -0.1) is 0 Å². The van der Waals surface area contributed by atoms with Gasteiger partial charge in [0.1, 0.15) is 12.4 Å². The van der Waals surface area contributed by atoms with Crippen LogP contribution in [0.3, 0.4) is 0 Å². The van der Waals surface area contributed by atoms with Gasteiger partial charge >= 0.3 is 12.0 Å². The van der Waals surface area contributed by atoms with Crippen LogP contribution in [0.25, 0.3) is 0 Å². The second-order valence-corrected chi connectivity index (χ2v) is 7.73. The number of nitrogens with zero attached hydrogens (tertiary/aromatic N) is 1. The van der Waals surface area contributed by atoms with Gasteiger partial charge in [-0.05, 0) is 63.4 Å². The molecular formula is C25H30N2O4. The summed E-state index contributed by atoms with van der Waals surface area (Å²) in [6.07, 6.45) is 0. The van der Waals surface area contributed by atoms with Crippen LogP contribution < -0.4 is 10.1 Å². The normalized spacial score (nSPS) is 16.2. The maximum Gasteiger partial charge on any atom is 0.338 e. The van der Waals surface area contributed by atoms with E-state index < -0.39 is 12.0 Å². The number of rotatable bonds is 7. The summed E-state index contributed by atoms with van der Waals surface area (Å²) in [7, 11) is 0. The second kappa shape index (κ2) is 9.69. The highest BCUT2D eigenvalue weighted by Crippen LogP contribution is 2.32. The van der Waals surface area contributed by atoms with Crippen molar-refractivity contribution in [3.05, 3.63) is 76.0 Å². The fraction of sp³-hybridized carbons (Fsp3) is 0.360. The number of nitrogens with one attached hydrogen (secondary N) is 1. The van der Waals surface area contributed by atoms with Gasteiger partial charge in [0.05, 0.1) is 23.9 Å². The number of hydrogen-bond acceptors (Lipinski definition) is 4. The van der Waals surface area contributed by atoms with Crippen molar-refractivity contribution in [3.63, 3.8) is 0 Å². The number of amides is 2. The molecule has 1 aliphatic heterocycles. The lowest BCUT2D eigenvalue weighted by Crippen LogP contribution is -2.49. The first kappa shape index (κ1) is 22.4. The molecule has 0 fully saturated rings. The van der Waals surface area contributed by atoms with E-state index >= 15 is 0 Å². The summed E-state index contributed by atoms with van der Waals surface area (Å²) < 4.78 is 11.4. The number of urea groups is 1. The van der Waals surface area contributed by atoms with Gasteiger partial charge < -0.3 is 14.8 Å². The van der Waals surface area contributed by atoms with E-state index in [1.54, 1.807) is 11.8 Å². The molecule has 1 heterocycles. The van der Waals surface area contributed by atoms with Crippen molar-refractivity contribution >= 4 is 12.0 Å². The van der Waals surface area contributed by atoms with Crippen molar-refractivity contribution in [2.75, 3.05) is 19.8 Å². The molecule has 1 atom stereocenters. The van der Waals surface area contributed by atoms with E-state index in [0.29, 0.717) is 23.6 Å². The highest BCUT2D eigenvalue weighted by atomic mass is 16.5. The first-order valence-electron chi connectivity index (χ1n) is 10.6. The molecule has 0 bridgehead atoms. The lowest BCUT2D eigenvalue weighted by molar-refractivity contribution is -0.139. The maximum absolute atomic E-state index is 13.0. The van der Waals surface area contributed by atoms with E-state index in [2.05, 4.69) is 11.4 Å². The molecule has 3 rings (SSSR count). The smallest absolute Gasteiger partial charge is 0.338 e. The van der Waals surface area contributed by atoms with E-state index in [4.69, 9.17) is 9.47 Å². The van der Waals surface area contributed by atoms with E-state index in [1.807, 2.05) is 64.1 Å². The molecule has 1 unspecified atom stereocenters. The Kier molecular flexibility index (Phi) is 7.00. The topological polar surface area (TPSA) is 67.9 Å². The van der Waals surface area contributed by atoms with Gasteiger partial charge in [-0.25, -0.2) is 9.59 Å². The quantitative estimate of drug-likeness (QED) is 0.663. The standard InChI is InChI=1S/C25H30N2O4/c1-6-27-21(15-31-20-13-17(4)12-18(5)14-20)22(24(28)30-7-2)23(26-25(27)29)19-10-8-16(3)9-11-19/h8-14,23H,6-7,15H2,1-5H3,(H,26,29). The molecule has 0 aliphatic carbocycles. The number of likely N-dealkylation sites (N-methyl/N-ethyl adjacent to an activating group) is 1. The Morgan fingerprint density at radius 2 is 1.65 bits per heavy atom. The van der Waals surface area contributed by atoms with E-state index in [9.17, 15) is 9.59 Å². The molecule has 1 N–H and O–H groups in total. The molecule has 2 amide bonds. The zero-order chi connectivity index (χ0) is 22.5. The minimum atomic E-state index is -0.604. The maximum atomic E-state index is 13.0. The summed E-state index contributed by atoms with van der Waals surface area (Å²) in [5.41, 5.74) is 5.01. The van der Waals surface area contributed by atoms with Crippen molar-refractivity contribution in [2.45, 2.75) is 40.7 Å². The van der Waals surface area contributed by atoms with Gasteiger partial charge in [-0.3, -0.25) is 4.90 Å². The van der Waals surface area contributed by atoms with Crippen LogP contribution in [0.4, 0.5) is 4.79 Å². The Labute approximate surface area is 183 Å². The van der Waals surface area contributed by atoms with Crippen LogP contribution in [0, 0.1) is 20.8 Å². The monoisotopic (exact) mass is 422 g/mol. The summed E-state index contributed by atoms with van der Waals surface area (Å²) >= 11 is 0. The number of carbonyl (C=O) groups is 2. The van der Waals surface area contributed by atoms with Crippen LogP contribution in [-0.2, 0) is 9.53 Å². The first-order chi connectivity index (χ1) is 14.8. The van der Waals surface area contributed by atoms with Crippen molar-refractivity contribution < 1.29 is 19.1 Å². The number of aryl methyl sites for hydroxylation is 3. The summed E-state index contributed by atoms with van der Waals surface area (Å²) in [5, 5.41) is 2.96. The van der Waals surface area contributed by atoms with Crippen LogP contribution in [-0.4, -0.2) is 36.7 Å². The third-order valence-corrected chi connectivity index (χ3v) is 5.23. The van der Waals surface area contributed by atoms with Crippen LogP contribution in [0.2, 0.25) is 0 Å². The molecule has 164 valence electrons. The van der Waals surface area contributed by atoms with Crippen LogP contribution in [0.15, 0.2) is 53.7 Å². The Morgan fingerprint density at radius 1 is 1.00 bits per heavy atom. The van der Waals surface area contributed by atoms with Gasteiger partial charge in [0.25, 0.3) is 0 Å². The van der Waals surface area contributed by atoms with Crippen molar-refractivity contribution in [3.8, 4) is 5.75 Å². The van der Waals surface area contributed by atoms with E-state index in [1.165, 1.54) is 0 Å². The summed E-state index contributed by atoms with van der Waals surface area (Å²) in [5.74, 6) is 0.243. The summed E-state index contributed by atoms with van der Waals surface area (Å²) in [6, 6.07) is 12.8. The van der Waals surface area contributed by atoms with Gasteiger partial charge in [0.2, 0.25) is 0 Å². The van der Waals surface area contributed by atoms with Crippen molar-refractivity contribution in [1.29, 1.82) is 0 Å². The van der Waals surface area contributed by atoms with Crippen molar-refractivity contribution in [1.82, 2.24) is 10.2 Å². The molecule has 0 saturated carbocycles. The van der Waals surface area contributed by atoms with Gasteiger partial charge in [-0.1, -0.05) is 35.9 Å². The fourth-order valence-electron chi connectivity index (χ4n) is 3.82. The summed E-state index contributed by atoms with van der Waals surface area (Å²) in [4.78, 5) is 27.5. The SMILES string of the molecule is CCOC(=O)C1=C(COc2cc(C)cc(C)c2)N(CC)C(=O)NC1c1ccc(C)cc1. The average molecular weight is 423 g/mol. The molecule has 31 heavy (non-hydrogen) atoms.